The fourth-order valence-corrected chi connectivity index (χ4v) is 2.43. The highest BCUT2D eigenvalue weighted by Gasteiger charge is 2.14. The maximum Gasteiger partial charge on any atom is 0.251 e. The Hall–Kier alpha value is -3.15. The summed E-state index contributed by atoms with van der Waals surface area (Å²) < 4.78 is 18.8. The monoisotopic (exact) mass is 370 g/mol. The smallest absolute Gasteiger partial charge is 0.251 e. The Balaban J connectivity index is 2.18. The Morgan fingerprint density at radius 3 is 2.52 bits per heavy atom. The van der Waals surface area contributed by atoms with Crippen LogP contribution in [0.1, 0.15) is 25.8 Å². The van der Waals surface area contributed by atoms with Gasteiger partial charge >= 0.3 is 0 Å². The van der Waals surface area contributed by atoms with Crippen molar-refractivity contribution in [3.63, 3.8) is 0 Å². The minimum absolute atomic E-state index is 0.00860. The Morgan fingerprint density at radius 1 is 1.19 bits per heavy atom. The second-order valence-electron chi connectivity index (χ2n) is 6.26. The minimum atomic E-state index is -0.516. The first kappa shape index (κ1) is 20.2. The molecular weight excluding hydrogens is 347 g/mol. The van der Waals surface area contributed by atoms with Gasteiger partial charge in [0.2, 0.25) is 5.91 Å². The van der Waals surface area contributed by atoms with E-state index in [9.17, 15) is 14.0 Å². The standard InChI is InChI=1S/C21H23FN2O3/c1-15(2)27-19-5-3-4-16(14-19)6-11-21(26)24(13-12-20(23)25)18-9-7-17(22)8-10-18/h3-11,14-15H,12-13H2,1-2H3,(H2,23,25)/b11-6+. The lowest BCUT2D eigenvalue weighted by molar-refractivity contribution is -0.118. The molecule has 27 heavy (non-hydrogen) atoms. The van der Waals surface area contributed by atoms with Gasteiger partial charge in [0.25, 0.3) is 5.91 Å². The third-order valence-corrected chi connectivity index (χ3v) is 3.63. The van der Waals surface area contributed by atoms with Gasteiger partial charge in [0.1, 0.15) is 11.6 Å². The number of carbonyl (C=O) groups is 2. The molecule has 0 heterocycles. The van der Waals surface area contributed by atoms with E-state index < -0.39 is 11.7 Å². The highest BCUT2D eigenvalue weighted by Crippen LogP contribution is 2.18. The van der Waals surface area contributed by atoms with Gasteiger partial charge in [0, 0.05) is 24.7 Å². The van der Waals surface area contributed by atoms with Crippen LogP contribution in [-0.4, -0.2) is 24.5 Å². The average Bonchev–Trinajstić information content (AvgIpc) is 2.61. The number of halogens is 1. The number of amides is 2. The van der Waals surface area contributed by atoms with Crippen LogP contribution < -0.4 is 15.4 Å². The van der Waals surface area contributed by atoms with Gasteiger partial charge in [0.15, 0.2) is 0 Å². The molecule has 0 radical (unpaired) electrons. The molecule has 0 aliphatic heterocycles. The van der Waals surface area contributed by atoms with Crippen molar-refractivity contribution in [1.29, 1.82) is 0 Å². The van der Waals surface area contributed by atoms with Crippen LogP contribution in [0.3, 0.4) is 0 Å². The van der Waals surface area contributed by atoms with E-state index in [1.165, 1.54) is 35.2 Å². The Labute approximate surface area is 158 Å². The normalized spacial score (nSPS) is 11.0. The van der Waals surface area contributed by atoms with Gasteiger partial charge in [-0.15, -0.1) is 0 Å². The molecule has 0 aromatic heterocycles. The van der Waals surface area contributed by atoms with Gasteiger partial charge in [0.05, 0.1) is 6.10 Å². The topological polar surface area (TPSA) is 72.6 Å². The van der Waals surface area contributed by atoms with Gasteiger partial charge in [-0.3, -0.25) is 9.59 Å². The number of nitrogens with two attached hydrogens (primary N) is 1. The van der Waals surface area contributed by atoms with Crippen molar-refractivity contribution in [3.8, 4) is 5.75 Å². The Morgan fingerprint density at radius 2 is 1.89 bits per heavy atom. The van der Waals surface area contributed by atoms with Gasteiger partial charge in [-0.1, -0.05) is 12.1 Å². The molecule has 0 aliphatic rings. The van der Waals surface area contributed by atoms with Crippen molar-refractivity contribution in [1.82, 2.24) is 0 Å². The van der Waals surface area contributed by atoms with E-state index in [1.807, 2.05) is 38.1 Å². The first-order valence-corrected chi connectivity index (χ1v) is 8.65. The highest BCUT2D eigenvalue weighted by atomic mass is 19.1. The van der Waals surface area contributed by atoms with E-state index in [1.54, 1.807) is 6.08 Å². The highest BCUT2D eigenvalue weighted by molar-refractivity contribution is 6.04. The molecule has 0 fully saturated rings. The summed E-state index contributed by atoms with van der Waals surface area (Å²) >= 11 is 0. The van der Waals surface area contributed by atoms with Crippen molar-refractivity contribution >= 4 is 23.6 Å². The maximum absolute atomic E-state index is 13.2. The molecule has 2 N–H and O–H groups in total. The summed E-state index contributed by atoms with van der Waals surface area (Å²) in [5.74, 6) is -0.544. The number of anilines is 1. The fourth-order valence-electron chi connectivity index (χ4n) is 2.43. The first-order valence-electron chi connectivity index (χ1n) is 8.65. The molecule has 2 aromatic carbocycles. The molecule has 2 amide bonds. The number of nitrogens with zero attached hydrogens (tertiary/aromatic N) is 1. The molecule has 5 nitrogen and oxygen atoms in total. The van der Waals surface area contributed by atoms with E-state index in [2.05, 4.69) is 0 Å². The van der Waals surface area contributed by atoms with Crippen LogP contribution in [0.4, 0.5) is 10.1 Å². The van der Waals surface area contributed by atoms with E-state index in [-0.39, 0.29) is 25.0 Å². The van der Waals surface area contributed by atoms with Crippen molar-refractivity contribution in [2.24, 2.45) is 5.73 Å². The van der Waals surface area contributed by atoms with Crippen molar-refractivity contribution in [2.75, 3.05) is 11.4 Å². The SMILES string of the molecule is CC(C)Oc1cccc(/C=C/C(=O)N(CCC(N)=O)c2ccc(F)cc2)c1. The predicted octanol–water partition coefficient (Wildman–Crippen LogP) is 3.53. The summed E-state index contributed by atoms with van der Waals surface area (Å²) in [5, 5.41) is 0. The molecule has 0 aliphatic carbocycles. The van der Waals surface area contributed by atoms with Gasteiger partial charge < -0.3 is 15.4 Å². The summed E-state index contributed by atoms with van der Waals surface area (Å²) in [4.78, 5) is 25.1. The lowest BCUT2D eigenvalue weighted by atomic mass is 10.2. The number of hydrogen-bond acceptors (Lipinski definition) is 3. The molecular formula is C21H23FN2O3. The molecule has 0 saturated carbocycles. The average molecular weight is 370 g/mol. The van der Waals surface area contributed by atoms with Gasteiger partial charge in [-0.05, 0) is 61.9 Å². The van der Waals surface area contributed by atoms with Crippen LogP contribution in [0.2, 0.25) is 0 Å². The third-order valence-electron chi connectivity index (χ3n) is 3.63. The van der Waals surface area contributed by atoms with E-state index in [0.717, 1.165) is 5.56 Å². The lowest BCUT2D eigenvalue weighted by Crippen LogP contribution is -2.32. The molecule has 6 heteroatoms. The second-order valence-corrected chi connectivity index (χ2v) is 6.26. The second kappa shape index (κ2) is 9.52. The zero-order valence-corrected chi connectivity index (χ0v) is 15.4. The zero-order chi connectivity index (χ0) is 19.8. The molecule has 0 saturated heterocycles. The van der Waals surface area contributed by atoms with Crippen LogP contribution in [0.5, 0.6) is 5.75 Å². The molecule has 0 bridgehead atoms. The number of primary amides is 1. The molecule has 2 aromatic rings. The summed E-state index contributed by atoms with van der Waals surface area (Å²) in [5.41, 5.74) is 6.49. The Kier molecular flexibility index (Phi) is 7.11. The summed E-state index contributed by atoms with van der Waals surface area (Å²) in [6.45, 7) is 3.98. The van der Waals surface area contributed by atoms with Crippen LogP contribution in [0.15, 0.2) is 54.6 Å². The molecule has 142 valence electrons. The zero-order valence-electron chi connectivity index (χ0n) is 15.4. The van der Waals surface area contributed by atoms with Crippen LogP contribution >= 0.6 is 0 Å². The van der Waals surface area contributed by atoms with Crippen molar-refractivity contribution < 1.29 is 18.7 Å². The van der Waals surface area contributed by atoms with Gasteiger partial charge in [-0.2, -0.15) is 0 Å². The number of rotatable bonds is 8. The van der Waals surface area contributed by atoms with Crippen molar-refractivity contribution in [2.45, 2.75) is 26.4 Å². The molecule has 0 atom stereocenters. The largest absolute Gasteiger partial charge is 0.491 e. The summed E-state index contributed by atoms with van der Waals surface area (Å²) in [6, 6.07) is 12.9. The Bertz CT molecular complexity index is 816. The van der Waals surface area contributed by atoms with Crippen molar-refractivity contribution in [3.05, 3.63) is 66.0 Å². The molecule has 0 spiro atoms. The minimum Gasteiger partial charge on any atom is -0.491 e. The molecule has 2 rings (SSSR count). The third kappa shape index (κ3) is 6.58. The summed E-state index contributed by atoms with van der Waals surface area (Å²) in [7, 11) is 0. The number of carbonyl (C=O) groups excluding carboxylic acids is 2. The maximum atomic E-state index is 13.2. The number of benzene rings is 2. The quantitative estimate of drug-likeness (QED) is 0.723. The van der Waals surface area contributed by atoms with Gasteiger partial charge in [-0.25, -0.2) is 4.39 Å². The van der Waals surface area contributed by atoms with E-state index in [4.69, 9.17) is 10.5 Å². The number of ether oxygens (including phenoxy) is 1. The van der Waals surface area contributed by atoms with Crippen LogP contribution in [0.25, 0.3) is 6.08 Å². The summed E-state index contributed by atoms with van der Waals surface area (Å²) in [6.07, 6.45) is 3.12. The van der Waals surface area contributed by atoms with E-state index in [0.29, 0.717) is 11.4 Å². The molecule has 0 unspecified atom stereocenters. The van der Waals surface area contributed by atoms with Crippen LogP contribution in [0, 0.1) is 5.82 Å². The first-order chi connectivity index (χ1) is 12.8. The number of hydrogen-bond donors (Lipinski definition) is 1. The lowest BCUT2D eigenvalue weighted by Gasteiger charge is -2.20. The fraction of sp³-hybridized carbons (Fsp3) is 0.238. The predicted molar refractivity (Wildman–Crippen MR) is 104 cm³/mol. The van der Waals surface area contributed by atoms with Crippen LogP contribution in [-0.2, 0) is 9.59 Å². The van der Waals surface area contributed by atoms with E-state index >= 15 is 0 Å².